The van der Waals surface area contributed by atoms with Gasteiger partial charge in [0.2, 0.25) is 0 Å². The zero-order chi connectivity index (χ0) is 11.3. The molecule has 2 aromatic heterocycles. The first-order valence-electron chi connectivity index (χ1n) is 4.89. The van der Waals surface area contributed by atoms with Crippen LogP contribution in [-0.4, -0.2) is 15.6 Å². The fourth-order valence-corrected chi connectivity index (χ4v) is 3.02. The predicted molar refractivity (Wildman–Crippen MR) is 65.3 cm³/mol. The van der Waals surface area contributed by atoms with Gasteiger partial charge in [-0.1, -0.05) is 18.2 Å². The van der Waals surface area contributed by atoms with Crippen LogP contribution in [0.4, 0.5) is 0 Å². The zero-order valence-corrected chi connectivity index (χ0v) is 9.41. The Bertz CT molecular complexity index is 708. The molecule has 0 bridgehead atoms. The monoisotopic (exact) mass is 231 g/mol. The lowest BCUT2D eigenvalue weighted by Gasteiger charge is -1.95. The number of carboxylic acid groups (broad SMARTS) is 1. The van der Waals surface area contributed by atoms with Gasteiger partial charge in [-0.3, -0.25) is 0 Å². The van der Waals surface area contributed by atoms with Gasteiger partial charge in [0.25, 0.3) is 0 Å². The minimum absolute atomic E-state index is 0.395. The Morgan fingerprint density at radius 1 is 1.31 bits per heavy atom. The van der Waals surface area contributed by atoms with Gasteiger partial charge < -0.3 is 9.67 Å². The first-order chi connectivity index (χ1) is 7.68. The van der Waals surface area contributed by atoms with Crippen molar-refractivity contribution in [2.45, 2.75) is 0 Å². The van der Waals surface area contributed by atoms with Gasteiger partial charge >= 0.3 is 5.97 Å². The van der Waals surface area contributed by atoms with Gasteiger partial charge in [0.15, 0.2) is 0 Å². The Morgan fingerprint density at radius 3 is 2.81 bits per heavy atom. The van der Waals surface area contributed by atoms with Gasteiger partial charge in [-0.2, -0.15) is 0 Å². The fourth-order valence-electron chi connectivity index (χ4n) is 2.03. The lowest BCUT2D eigenvalue weighted by molar-refractivity contribution is 0.0702. The van der Waals surface area contributed by atoms with Gasteiger partial charge in [-0.15, -0.1) is 11.3 Å². The molecule has 16 heavy (non-hydrogen) atoms. The number of nitrogens with zero attached hydrogens (tertiary/aromatic N) is 1. The summed E-state index contributed by atoms with van der Waals surface area (Å²) < 4.78 is 2.04. The largest absolute Gasteiger partial charge is 0.477 e. The number of thiophene rings is 1. The molecule has 0 saturated carbocycles. The minimum Gasteiger partial charge on any atom is -0.477 e. The van der Waals surface area contributed by atoms with Crippen molar-refractivity contribution in [3.8, 4) is 0 Å². The quantitative estimate of drug-likeness (QED) is 0.699. The van der Waals surface area contributed by atoms with E-state index in [0.717, 1.165) is 21.1 Å². The van der Waals surface area contributed by atoms with Crippen molar-refractivity contribution in [2.75, 3.05) is 0 Å². The van der Waals surface area contributed by atoms with Crippen LogP contribution >= 0.6 is 11.3 Å². The number of hydrogen-bond donors (Lipinski definition) is 1. The van der Waals surface area contributed by atoms with Gasteiger partial charge in [-0.05, 0) is 12.1 Å². The van der Waals surface area contributed by atoms with Crippen molar-refractivity contribution in [1.82, 2.24) is 4.57 Å². The molecule has 3 rings (SSSR count). The van der Waals surface area contributed by atoms with Crippen LogP contribution in [0.2, 0.25) is 0 Å². The average molecular weight is 231 g/mol. The Balaban J connectivity index is 2.49. The molecule has 0 aliphatic carbocycles. The summed E-state index contributed by atoms with van der Waals surface area (Å²) in [5.74, 6) is -0.856. The van der Waals surface area contributed by atoms with E-state index in [1.54, 1.807) is 6.07 Å². The molecule has 1 aromatic carbocycles. The van der Waals surface area contributed by atoms with Crippen LogP contribution in [0.1, 0.15) is 9.67 Å². The number of aromatic carboxylic acids is 1. The van der Waals surface area contributed by atoms with Crippen molar-refractivity contribution in [1.29, 1.82) is 0 Å². The van der Waals surface area contributed by atoms with E-state index in [1.165, 1.54) is 11.3 Å². The summed E-state index contributed by atoms with van der Waals surface area (Å²) in [6.07, 6.45) is 0. The first-order valence-corrected chi connectivity index (χ1v) is 5.70. The molecule has 0 saturated heterocycles. The number of fused-ring (bicyclic) bond motifs is 3. The molecule has 0 atom stereocenters. The lowest BCUT2D eigenvalue weighted by atomic mass is 10.2. The molecule has 0 unspecified atom stereocenters. The summed E-state index contributed by atoms with van der Waals surface area (Å²) in [5, 5.41) is 11.1. The van der Waals surface area contributed by atoms with Crippen LogP contribution in [0.5, 0.6) is 0 Å². The number of aryl methyl sites for hydroxylation is 1. The Morgan fingerprint density at radius 2 is 2.06 bits per heavy atom. The molecule has 0 amide bonds. The molecular formula is C12H9NO2S. The average Bonchev–Trinajstić information content (AvgIpc) is 2.81. The van der Waals surface area contributed by atoms with E-state index >= 15 is 0 Å². The van der Waals surface area contributed by atoms with E-state index in [1.807, 2.05) is 35.9 Å². The second kappa shape index (κ2) is 3.09. The summed E-state index contributed by atoms with van der Waals surface area (Å²) in [5.41, 5.74) is 1.14. The highest BCUT2D eigenvalue weighted by Crippen LogP contribution is 2.34. The van der Waals surface area contributed by atoms with Crippen LogP contribution in [0.15, 0.2) is 30.3 Å². The number of benzene rings is 1. The highest BCUT2D eigenvalue weighted by atomic mass is 32.1. The third kappa shape index (κ3) is 1.10. The van der Waals surface area contributed by atoms with E-state index in [9.17, 15) is 4.79 Å². The molecule has 3 nitrogen and oxygen atoms in total. The second-order valence-corrected chi connectivity index (χ2v) is 4.74. The summed E-state index contributed by atoms with van der Waals surface area (Å²) in [6, 6.07) is 9.78. The van der Waals surface area contributed by atoms with Gasteiger partial charge in [0, 0.05) is 23.3 Å². The molecule has 4 heteroatoms. The molecule has 2 heterocycles. The SMILES string of the molecule is Cn1c2ccccc2c2cc(C(=O)O)sc21. The topological polar surface area (TPSA) is 42.2 Å². The predicted octanol–water partition coefficient (Wildman–Crippen LogP) is 3.09. The molecular weight excluding hydrogens is 222 g/mol. The number of hydrogen-bond acceptors (Lipinski definition) is 2. The highest BCUT2D eigenvalue weighted by Gasteiger charge is 2.14. The minimum atomic E-state index is -0.856. The smallest absolute Gasteiger partial charge is 0.345 e. The van der Waals surface area contributed by atoms with E-state index in [0.29, 0.717) is 4.88 Å². The van der Waals surface area contributed by atoms with Crippen LogP contribution in [0, 0.1) is 0 Å². The first kappa shape index (κ1) is 9.42. The zero-order valence-electron chi connectivity index (χ0n) is 8.60. The molecule has 3 aromatic rings. The standard InChI is InChI=1S/C12H9NO2S/c1-13-9-5-3-2-4-7(9)8-6-10(12(14)15)16-11(8)13/h2-6H,1H3,(H,14,15). The maximum Gasteiger partial charge on any atom is 0.345 e. The summed E-state index contributed by atoms with van der Waals surface area (Å²) >= 11 is 1.32. The highest BCUT2D eigenvalue weighted by molar-refractivity contribution is 7.20. The van der Waals surface area contributed by atoms with E-state index < -0.39 is 5.97 Å². The summed E-state index contributed by atoms with van der Waals surface area (Å²) in [4.78, 5) is 12.3. The Kier molecular flexibility index (Phi) is 1.82. The summed E-state index contributed by atoms with van der Waals surface area (Å²) in [7, 11) is 1.97. The van der Waals surface area contributed by atoms with Crippen molar-refractivity contribution < 1.29 is 9.90 Å². The van der Waals surface area contributed by atoms with Crippen LogP contribution in [0.3, 0.4) is 0 Å². The fraction of sp³-hybridized carbons (Fsp3) is 0.0833. The van der Waals surface area contributed by atoms with Crippen molar-refractivity contribution in [3.63, 3.8) is 0 Å². The molecule has 0 aliphatic rings. The van der Waals surface area contributed by atoms with Crippen LogP contribution in [-0.2, 0) is 7.05 Å². The maximum atomic E-state index is 10.9. The molecule has 0 fully saturated rings. The van der Waals surface area contributed by atoms with Gasteiger partial charge in [0.05, 0.1) is 0 Å². The molecule has 0 aliphatic heterocycles. The van der Waals surface area contributed by atoms with E-state index in [2.05, 4.69) is 0 Å². The van der Waals surface area contributed by atoms with Crippen molar-refractivity contribution in [2.24, 2.45) is 7.05 Å². The van der Waals surface area contributed by atoms with Crippen molar-refractivity contribution >= 4 is 38.4 Å². The number of aromatic nitrogens is 1. The number of carbonyl (C=O) groups is 1. The number of para-hydroxylation sites is 1. The van der Waals surface area contributed by atoms with Crippen LogP contribution in [0.25, 0.3) is 21.1 Å². The lowest BCUT2D eigenvalue weighted by Crippen LogP contribution is -1.90. The van der Waals surface area contributed by atoms with Gasteiger partial charge in [0.1, 0.15) is 9.71 Å². The molecule has 0 spiro atoms. The second-order valence-electron chi connectivity index (χ2n) is 3.71. The molecule has 1 N–H and O–H groups in total. The normalized spacial score (nSPS) is 11.3. The third-order valence-electron chi connectivity index (χ3n) is 2.78. The van der Waals surface area contributed by atoms with E-state index in [-0.39, 0.29) is 0 Å². The summed E-state index contributed by atoms with van der Waals surface area (Å²) in [6.45, 7) is 0. The Labute approximate surface area is 95.5 Å². The maximum absolute atomic E-state index is 10.9. The molecule has 0 radical (unpaired) electrons. The van der Waals surface area contributed by atoms with Gasteiger partial charge in [-0.25, -0.2) is 4.79 Å². The third-order valence-corrected chi connectivity index (χ3v) is 3.98. The van der Waals surface area contributed by atoms with Crippen LogP contribution < -0.4 is 0 Å². The number of rotatable bonds is 1. The van der Waals surface area contributed by atoms with Crippen molar-refractivity contribution in [3.05, 3.63) is 35.2 Å². The van der Waals surface area contributed by atoms with E-state index in [4.69, 9.17) is 5.11 Å². The Hall–Kier alpha value is -1.81. The molecule has 80 valence electrons. The number of carboxylic acids is 1.